The second-order valence-electron chi connectivity index (χ2n) is 4.02. The van der Waals surface area contributed by atoms with Gasteiger partial charge in [-0.15, -0.1) is 0 Å². The molecule has 0 aliphatic heterocycles. The van der Waals surface area contributed by atoms with Crippen LogP contribution in [-0.4, -0.2) is 4.30 Å². The molecule has 17 heavy (non-hydrogen) atoms. The number of alkyl halides is 3. The second-order valence-corrected chi connectivity index (χ2v) is 6.00. The van der Waals surface area contributed by atoms with E-state index in [1.807, 2.05) is 18.2 Å². The highest BCUT2D eigenvalue weighted by Crippen LogP contribution is 2.15. The molecule has 0 N–H and O–H groups in total. The van der Waals surface area contributed by atoms with Crippen LogP contribution in [0.25, 0.3) is 0 Å². The van der Waals surface area contributed by atoms with Crippen molar-refractivity contribution in [2.45, 2.75) is 49.7 Å². The largest absolute Gasteiger partial charge is 0.180 e. The summed E-state index contributed by atoms with van der Waals surface area (Å²) in [5, 5.41) is 0. The minimum atomic E-state index is -0.750. The highest BCUT2D eigenvalue weighted by atomic mass is 35.6. The molecule has 2 rings (SSSR count). The van der Waals surface area contributed by atoms with Crippen molar-refractivity contribution >= 4 is 34.8 Å². The molecule has 0 atom stereocenters. The van der Waals surface area contributed by atoms with Gasteiger partial charge in [0.2, 0.25) is 0 Å². The third-order valence-corrected chi connectivity index (χ3v) is 2.44. The van der Waals surface area contributed by atoms with E-state index in [0.717, 1.165) is 0 Å². The van der Waals surface area contributed by atoms with E-state index in [0.29, 0.717) is 0 Å². The van der Waals surface area contributed by atoms with Crippen molar-refractivity contribution in [3.05, 3.63) is 35.9 Å². The van der Waals surface area contributed by atoms with Crippen LogP contribution < -0.4 is 0 Å². The predicted molar refractivity (Wildman–Crippen MR) is 80.2 cm³/mol. The molecule has 0 amide bonds. The van der Waals surface area contributed by atoms with Crippen LogP contribution >= 0.6 is 34.8 Å². The zero-order valence-corrected chi connectivity index (χ0v) is 12.6. The zero-order chi connectivity index (χ0) is 12.9. The number of benzene rings is 1. The van der Waals surface area contributed by atoms with E-state index in [1.165, 1.54) is 44.1 Å². The first-order valence-corrected chi connectivity index (χ1v) is 7.37. The third-order valence-electron chi connectivity index (χ3n) is 2.44. The molecule has 1 fully saturated rings. The molecule has 1 saturated carbocycles. The van der Waals surface area contributed by atoms with E-state index >= 15 is 0 Å². The van der Waals surface area contributed by atoms with Crippen molar-refractivity contribution in [2.24, 2.45) is 0 Å². The number of rotatable bonds is 0. The van der Waals surface area contributed by atoms with Crippen molar-refractivity contribution < 1.29 is 0 Å². The molecule has 0 saturated heterocycles. The molecule has 0 nitrogen and oxygen atoms in total. The summed E-state index contributed by atoms with van der Waals surface area (Å²) in [7, 11) is 0. The van der Waals surface area contributed by atoms with E-state index in [2.05, 4.69) is 19.1 Å². The molecule has 0 heterocycles. The standard InChI is InChI=1S/C7H8.C6H12.CHCl3/c1-7-5-3-2-4-6-7;1-2-4-6-5-3-1;2-1(3)4/h2-6H,1H3;1-6H2;1H. The molecule has 1 aliphatic rings. The lowest BCUT2D eigenvalue weighted by atomic mass is 10.0. The van der Waals surface area contributed by atoms with Crippen LogP contribution in [-0.2, 0) is 0 Å². The van der Waals surface area contributed by atoms with Crippen LogP contribution in [0.5, 0.6) is 0 Å². The van der Waals surface area contributed by atoms with Crippen LogP contribution in [0.15, 0.2) is 30.3 Å². The Morgan fingerprint density at radius 1 is 0.765 bits per heavy atom. The molecule has 0 unspecified atom stereocenters. The number of hydrogen-bond acceptors (Lipinski definition) is 0. The lowest BCUT2D eigenvalue weighted by Gasteiger charge is -2.05. The Morgan fingerprint density at radius 3 is 1.24 bits per heavy atom. The first kappa shape index (κ1) is 17.1. The normalized spacial score (nSPS) is 14.2. The minimum absolute atomic E-state index is 0.750. The Balaban J connectivity index is 0.000000236. The summed E-state index contributed by atoms with van der Waals surface area (Å²) in [5.41, 5.74) is 1.32. The van der Waals surface area contributed by atoms with Crippen LogP contribution in [0.4, 0.5) is 0 Å². The van der Waals surface area contributed by atoms with Gasteiger partial charge >= 0.3 is 0 Å². The Kier molecular flexibility index (Phi) is 12.6. The molecule has 0 bridgehead atoms. The fourth-order valence-electron chi connectivity index (χ4n) is 1.60. The van der Waals surface area contributed by atoms with Crippen molar-refractivity contribution in [1.82, 2.24) is 0 Å². The fraction of sp³-hybridized carbons (Fsp3) is 0.571. The van der Waals surface area contributed by atoms with Gasteiger partial charge in [-0.1, -0.05) is 109 Å². The first-order valence-electron chi connectivity index (χ1n) is 6.07. The summed E-state index contributed by atoms with van der Waals surface area (Å²) >= 11 is 14.4. The Hall–Kier alpha value is 0.0900. The molecule has 1 aliphatic carbocycles. The van der Waals surface area contributed by atoms with Crippen LogP contribution in [0, 0.1) is 6.92 Å². The van der Waals surface area contributed by atoms with Crippen molar-refractivity contribution in [2.75, 3.05) is 0 Å². The van der Waals surface area contributed by atoms with E-state index in [-0.39, 0.29) is 0 Å². The van der Waals surface area contributed by atoms with Gasteiger partial charge in [-0.05, 0) is 6.92 Å². The zero-order valence-electron chi connectivity index (χ0n) is 10.3. The summed E-state index contributed by atoms with van der Waals surface area (Å²) in [5.74, 6) is 0. The summed E-state index contributed by atoms with van der Waals surface area (Å²) in [6.07, 6.45) is 9.00. The molecular weight excluding hydrogens is 275 g/mol. The molecule has 0 radical (unpaired) electrons. The maximum Gasteiger partial charge on any atom is 0.180 e. The van der Waals surface area contributed by atoms with Gasteiger partial charge in [-0.2, -0.15) is 0 Å². The Morgan fingerprint density at radius 2 is 1.06 bits per heavy atom. The van der Waals surface area contributed by atoms with Crippen LogP contribution in [0.3, 0.4) is 0 Å². The third kappa shape index (κ3) is 16.1. The molecule has 98 valence electrons. The highest BCUT2D eigenvalue weighted by molar-refractivity contribution is 6.63. The lowest BCUT2D eigenvalue weighted by Crippen LogP contribution is -1.85. The van der Waals surface area contributed by atoms with Gasteiger partial charge < -0.3 is 0 Å². The monoisotopic (exact) mass is 294 g/mol. The lowest BCUT2D eigenvalue weighted by molar-refractivity contribution is 0.504. The first-order chi connectivity index (χ1) is 8.13. The maximum atomic E-state index is 4.81. The Labute approximate surface area is 120 Å². The summed E-state index contributed by atoms with van der Waals surface area (Å²) < 4.78 is -0.750. The van der Waals surface area contributed by atoms with Gasteiger partial charge in [0.05, 0.1) is 0 Å². The molecule has 0 spiro atoms. The van der Waals surface area contributed by atoms with E-state index in [9.17, 15) is 0 Å². The summed E-state index contributed by atoms with van der Waals surface area (Å²) in [6.45, 7) is 2.08. The van der Waals surface area contributed by atoms with Gasteiger partial charge in [-0.25, -0.2) is 0 Å². The van der Waals surface area contributed by atoms with E-state index < -0.39 is 4.30 Å². The SMILES string of the molecule is C1CCCCC1.Cc1ccccc1.ClC(Cl)Cl. The second kappa shape index (κ2) is 12.5. The maximum absolute atomic E-state index is 4.81. The van der Waals surface area contributed by atoms with Gasteiger partial charge in [0, 0.05) is 0 Å². The number of halogens is 3. The predicted octanol–water partition coefficient (Wildman–Crippen LogP) is 6.32. The van der Waals surface area contributed by atoms with Crippen LogP contribution in [0.2, 0.25) is 0 Å². The van der Waals surface area contributed by atoms with Crippen molar-refractivity contribution in [1.29, 1.82) is 0 Å². The molecule has 1 aromatic rings. The van der Waals surface area contributed by atoms with Gasteiger partial charge in [0.15, 0.2) is 4.30 Å². The smallest absolute Gasteiger partial charge is 0.0874 e. The summed E-state index contributed by atoms with van der Waals surface area (Å²) in [6, 6.07) is 10.3. The molecule has 1 aromatic carbocycles. The minimum Gasteiger partial charge on any atom is -0.0874 e. The fourth-order valence-corrected chi connectivity index (χ4v) is 1.60. The van der Waals surface area contributed by atoms with E-state index in [4.69, 9.17) is 34.8 Å². The quantitative estimate of drug-likeness (QED) is 0.491. The van der Waals surface area contributed by atoms with E-state index in [1.54, 1.807) is 0 Å². The molecule has 3 heteroatoms. The Bertz CT molecular complexity index is 229. The van der Waals surface area contributed by atoms with Crippen molar-refractivity contribution in [3.8, 4) is 0 Å². The van der Waals surface area contributed by atoms with Crippen molar-refractivity contribution in [3.63, 3.8) is 0 Å². The number of hydrogen-bond donors (Lipinski definition) is 0. The topological polar surface area (TPSA) is 0 Å². The number of aryl methyl sites for hydroxylation is 1. The molecular formula is C14H21Cl3. The van der Waals surface area contributed by atoms with Crippen LogP contribution in [0.1, 0.15) is 44.1 Å². The van der Waals surface area contributed by atoms with Gasteiger partial charge in [0.25, 0.3) is 0 Å². The molecule has 0 aromatic heterocycles. The average molecular weight is 296 g/mol. The average Bonchev–Trinajstić information content (AvgIpc) is 2.32. The van der Waals surface area contributed by atoms with Gasteiger partial charge in [0.1, 0.15) is 0 Å². The highest BCUT2D eigenvalue weighted by Gasteiger charge is 1.95. The van der Waals surface area contributed by atoms with Gasteiger partial charge in [-0.3, -0.25) is 0 Å². The summed E-state index contributed by atoms with van der Waals surface area (Å²) in [4.78, 5) is 0.